The van der Waals surface area contributed by atoms with Crippen LogP contribution in [-0.4, -0.2) is 57.2 Å². The van der Waals surface area contributed by atoms with Crippen molar-refractivity contribution in [3.63, 3.8) is 0 Å². The van der Waals surface area contributed by atoms with Gasteiger partial charge in [0, 0.05) is 13.2 Å². The minimum atomic E-state index is -0.344. The van der Waals surface area contributed by atoms with Crippen LogP contribution in [0.2, 0.25) is 0 Å². The summed E-state index contributed by atoms with van der Waals surface area (Å²) in [6.07, 6.45) is 1.62. The molecule has 0 radical (unpaired) electrons. The first kappa shape index (κ1) is 19.3. The van der Waals surface area contributed by atoms with Gasteiger partial charge in [0.15, 0.2) is 17.5 Å². The molecular weight excluding hydrogens is 314 g/mol. The van der Waals surface area contributed by atoms with E-state index in [-0.39, 0.29) is 11.4 Å². The molecule has 2 rings (SSSR count). The number of nitrogens with zero attached hydrogens (tertiary/aromatic N) is 2. The van der Waals surface area contributed by atoms with Crippen LogP contribution in [0, 0.1) is 0 Å². The largest absolute Gasteiger partial charge is 0.493 e. The fraction of sp³-hybridized carbons (Fsp3) is 0.375. The zero-order valence-electron chi connectivity index (χ0n) is 14.3. The summed E-state index contributed by atoms with van der Waals surface area (Å²) in [4.78, 5) is 17.9. The monoisotopic (exact) mass is 337 g/mol. The van der Waals surface area contributed by atoms with E-state index in [1.807, 2.05) is 30.1 Å². The molecule has 0 spiro atoms. The summed E-state index contributed by atoms with van der Waals surface area (Å²) in [6.45, 7) is 0.929. The van der Waals surface area contributed by atoms with Crippen molar-refractivity contribution < 1.29 is 24.5 Å². The van der Waals surface area contributed by atoms with Crippen molar-refractivity contribution >= 4 is 11.9 Å². The molecule has 0 amide bonds. The van der Waals surface area contributed by atoms with E-state index in [0.29, 0.717) is 36.1 Å². The average Bonchev–Trinajstić information content (AvgIpc) is 2.59. The van der Waals surface area contributed by atoms with E-state index in [4.69, 9.17) is 14.2 Å². The van der Waals surface area contributed by atoms with Crippen molar-refractivity contribution in [3.05, 3.63) is 35.5 Å². The number of ether oxygens (including phenoxy) is 3. The number of methoxy groups -OCH3 is 3. The number of rotatable bonds is 5. The predicted molar refractivity (Wildman–Crippen MR) is 90.2 cm³/mol. The Labute approximate surface area is 141 Å². The second kappa shape index (κ2) is 8.78. The van der Waals surface area contributed by atoms with Gasteiger partial charge < -0.3 is 29.9 Å². The maximum absolute atomic E-state index is 11.5. The molecule has 1 aliphatic rings. The van der Waals surface area contributed by atoms with Crippen LogP contribution in [0.3, 0.4) is 0 Å². The molecule has 1 aliphatic heterocycles. The Morgan fingerprint density at radius 3 is 2.54 bits per heavy atom. The Morgan fingerprint density at radius 1 is 1.25 bits per heavy atom. The van der Waals surface area contributed by atoms with Crippen LogP contribution in [0.5, 0.6) is 11.5 Å². The van der Waals surface area contributed by atoms with E-state index in [2.05, 4.69) is 10.3 Å². The van der Waals surface area contributed by atoms with Crippen molar-refractivity contribution in [2.24, 2.45) is 4.99 Å². The lowest BCUT2D eigenvalue weighted by Gasteiger charge is -2.26. The van der Waals surface area contributed by atoms with Gasteiger partial charge in [-0.15, -0.1) is 0 Å². The Kier molecular flexibility index (Phi) is 7.06. The number of aliphatic imine (C=N–C) groups is 1. The first-order valence-electron chi connectivity index (χ1n) is 7.09. The van der Waals surface area contributed by atoms with Gasteiger partial charge in [0.05, 0.1) is 40.0 Å². The number of hydrogen-bond donors (Lipinski definition) is 1. The summed E-state index contributed by atoms with van der Waals surface area (Å²) in [5.74, 6) is 1.70. The lowest BCUT2D eigenvalue weighted by molar-refractivity contribution is -0.136. The van der Waals surface area contributed by atoms with E-state index < -0.39 is 0 Å². The molecule has 0 aromatic heterocycles. The maximum atomic E-state index is 11.5. The van der Waals surface area contributed by atoms with Crippen LogP contribution in [0.15, 0.2) is 35.0 Å². The number of benzene rings is 1. The molecule has 3 N–H and O–H groups in total. The van der Waals surface area contributed by atoms with E-state index in [0.717, 1.165) is 5.56 Å². The lowest BCUT2D eigenvalue weighted by atomic mass is 10.2. The number of esters is 1. The van der Waals surface area contributed by atoms with Crippen molar-refractivity contribution in [2.75, 3.05) is 34.9 Å². The number of likely N-dealkylation sites (N-methyl/N-ethyl adjacent to an activating group) is 1. The van der Waals surface area contributed by atoms with Crippen molar-refractivity contribution in [1.82, 2.24) is 10.2 Å². The molecule has 0 aliphatic carbocycles. The summed E-state index contributed by atoms with van der Waals surface area (Å²) < 4.78 is 15.2. The van der Waals surface area contributed by atoms with Crippen LogP contribution >= 0.6 is 0 Å². The van der Waals surface area contributed by atoms with Crippen molar-refractivity contribution in [2.45, 2.75) is 6.54 Å². The molecule has 0 saturated heterocycles. The van der Waals surface area contributed by atoms with Gasteiger partial charge in [0.25, 0.3) is 0 Å². The number of hydrogen-bond acceptors (Lipinski definition) is 5. The average molecular weight is 337 g/mol. The van der Waals surface area contributed by atoms with Gasteiger partial charge in [-0.3, -0.25) is 0 Å². The fourth-order valence-electron chi connectivity index (χ4n) is 2.20. The van der Waals surface area contributed by atoms with E-state index in [1.165, 1.54) is 7.11 Å². The highest BCUT2D eigenvalue weighted by molar-refractivity contribution is 5.93. The van der Waals surface area contributed by atoms with Gasteiger partial charge in [-0.2, -0.15) is 0 Å². The zero-order chi connectivity index (χ0) is 16.8. The van der Waals surface area contributed by atoms with Gasteiger partial charge in [-0.1, -0.05) is 6.07 Å². The van der Waals surface area contributed by atoms with Crippen LogP contribution in [0.1, 0.15) is 5.56 Å². The van der Waals surface area contributed by atoms with Gasteiger partial charge in [0.2, 0.25) is 0 Å². The molecule has 0 unspecified atom stereocenters. The topological polar surface area (TPSA) is 104 Å². The molecule has 1 heterocycles. The molecule has 132 valence electrons. The molecule has 24 heavy (non-hydrogen) atoms. The third-order valence-electron chi connectivity index (χ3n) is 3.45. The van der Waals surface area contributed by atoms with E-state index in [1.54, 1.807) is 20.4 Å². The summed E-state index contributed by atoms with van der Waals surface area (Å²) in [7, 11) is 6.42. The summed E-state index contributed by atoms with van der Waals surface area (Å²) >= 11 is 0. The Bertz CT molecular complexity index is 643. The minimum absolute atomic E-state index is 0. The number of guanidine groups is 1. The van der Waals surface area contributed by atoms with Crippen molar-refractivity contribution in [1.29, 1.82) is 0 Å². The summed E-state index contributed by atoms with van der Waals surface area (Å²) in [5.41, 5.74) is 1.55. The first-order chi connectivity index (χ1) is 11.1. The summed E-state index contributed by atoms with van der Waals surface area (Å²) in [6, 6.07) is 5.67. The number of carbonyl (C=O) groups excluding carboxylic acids is 1. The smallest absolute Gasteiger partial charge is 0.337 e. The highest BCUT2D eigenvalue weighted by Gasteiger charge is 2.19. The molecule has 0 bridgehead atoms. The quantitative estimate of drug-likeness (QED) is 0.776. The van der Waals surface area contributed by atoms with Gasteiger partial charge in [-0.05, 0) is 17.7 Å². The van der Waals surface area contributed by atoms with E-state index in [9.17, 15) is 4.79 Å². The fourth-order valence-corrected chi connectivity index (χ4v) is 2.20. The number of nitrogens with one attached hydrogen (secondary N) is 1. The minimum Gasteiger partial charge on any atom is -0.493 e. The molecule has 8 heteroatoms. The highest BCUT2D eigenvalue weighted by Crippen LogP contribution is 2.27. The SMILES string of the molecule is COC(=O)C1=CNC(=NCc2ccc(OC)c(OC)c2)N(C)C1.O. The van der Waals surface area contributed by atoms with Gasteiger partial charge in [-0.25, -0.2) is 9.79 Å². The molecule has 0 atom stereocenters. The van der Waals surface area contributed by atoms with Crippen LogP contribution < -0.4 is 14.8 Å². The molecule has 1 aromatic carbocycles. The lowest BCUT2D eigenvalue weighted by Crippen LogP contribution is -2.43. The standard InChI is InChI=1S/C16H21N3O4.H2O/c1-19-10-12(15(20)23-4)9-18-16(19)17-8-11-5-6-13(21-2)14(7-11)22-3;/h5-7,9H,8,10H2,1-4H3,(H,17,18);1H2. The maximum Gasteiger partial charge on any atom is 0.337 e. The third-order valence-corrected chi connectivity index (χ3v) is 3.45. The van der Waals surface area contributed by atoms with E-state index >= 15 is 0 Å². The zero-order valence-corrected chi connectivity index (χ0v) is 14.3. The van der Waals surface area contributed by atoms with Gasteiger partial charge in [0.1, 0.15) is 0 Å². The second-order valence-corrected chi connectivity index (χ2v) is 4.99. The third kappa shape index (κ3) is 4.39. The second-order valence-electron chi connectivity index (χ2n) is 4.99. The Hall–Kier alpha value is -2.74. The molecule has 1 aromatic rings. The molecular formula is C16H23N3O5. The molecule has 0 saturated carbocycles. The molecule has 8 nitrogen and oxygen atoms in total. The highest BCUT2D eigenvalue weighted by atomic mass is 16.5. The van der Waals surface area contributed by atoms with Gasteiger partial charge >= 0.3 is 5.97 Å². The Morgan fingerprint density at radius 2 is 1.96 bits per heavy atom. The summed E-state index contributed by atoms with van der Waals surface area (Å²) in [5, 5.41) is 3.01. The van der Waals surface area contributed by atoms with Crippen LogP contribution in [-0.2, 0) is 16.1 Å². The van der Waals surface area contributed by atoms with Crippen LogP contribution in [0.4, 0.5) is 0 Å². The van der Waals surface area contributed by atoms with Crippen LogP contribution in [0.25, 0.3) is 0 Å². The van der Waals surface area contributed by atoms with Crippen molar-refractivity contribution in [3.8, 4) is 11.5 Å². The first-order valence-corrected chi connectivity index (χ1v) is 7.09. The number of carbonyl (C=O) groups is 1. The normalized spacial score (nSPS) is 15.1. The predicted octanol–water partition coefficient (Wildman–Crippen LogP) is 0.327. The Balaban J connectivity index is 0.00000288. The molecule has 0 fully saturated rings.